The van der Waals surface area contributed by atoms with Crippen LogP contribution in [0.15, 0.2) is 6.33 Å². The quantitative estimate of drug-likeness (QED) is 0.316. The van der Waals surface area contributed by atoms with Crippen LogP contribution in [0.3, 0.4) is 0 Å². The second-order valence-corrected chi connectivity index (χ2v) is 4.09. The van der Waals surface area contributed by atoms with Gasteiger partial charge in [0.25, 0.3) is 0 Å². The summed E-state index contributed by atoms with van der Waals surface area (Å²) in [6.07, 6.45) is -4.28. The lowest BCUT2D eigenvalue weighted by molar-refractivity contribution is -0.0648. The highest BCUT2D eigenvalue weighted by molar-refractivity contribution is 5.99. The van der Waals surface area contributed by atoms with Gasteiger partial charge in [0.05, 0.1) is 6.61 Å². The molecule has 0 amide bonds. The van der Waals surface area contributed by atoms with E-state index in [0.29, 0.717) is 0 Å². The van der Waals surface area contributed by atoms with Crippen molar-refractivity contribution in [2.45, 2.75) is 18.3 Å². The SMILES string of the molecule is Nc1ncnc2nc(C(=O)[C@H](O)[C@H](O)[C@H](O)CO)[nH]c12. The van der Waals surface area contributed by atoms with Crippen molar-refractivity contribution < 1.29 is 25.2 Å². The molecule has 2 rings (SSSR count). The normalized spacial score (nSPS) is 16.0. The fourth-order valence-electron chi connectivity index (χ4n) is 1.58. The summed E-state index contributed by atoms with van der Waals surface area (Å²) in [5.74, 6) is -1.18. The van der Waals surface area contributed by atoms with Gasteiger partial charge in [-0.25, -0.2) is 15.0 Å². The average Bonchev–Trinajstić information content (AvgIpc) is 2.89. The largest absolute Gasteiger partial charge is 0.394 e. The molecule has 2 aromatic rings. The molecule has 20 heavy (non-hydrogen) atoms. The fraction of sp³-hybridized carbons (Fsp3) is 0.400. The lowest BCUT2D eigenvalue weighted by Crippen LogP contribution is -2.44. The number of carbonyl (C=O) groups excluding carboxylic acids is 1. The molecule has 0 aliphatic heterocycles. The Hall–Kier alpha value is -2.14. The number of fused-ring (bicyclic) bond motifs is 1. The molecule has 0 saturated carbocycles. The van der Waals surface area contributed by atoms with Crippen molar-refractivity contribution in [1.29, 1.82) is 0 Å². The van der Waals surface area contributed by atoms with Crippen LogP contribution in [0.25, 0.3) is 11.2 Å². The molecule has 0 aliphatic carbocycles. The van der Waals surface area contributed by atoms with Crippen molar-refractivity contribution in [3.8, 4) is 0 Å². The van der Waals surface area contributed by atoms with Crippen molar-refractivity contribution >= 4 is 22.8 Å². The van der Waals surface area contributed by atoms with Crippen molar-refractivity contribution in [1.82, 2.24) is 19.9 Å². The fourth-order valence-corrected chi connectivity index (χ4v) is 1.58. The van der Waals surface area contributed by atoms with E-state index >= 15 is 0 Å². The molecule has 7 N–H and O–H groups in total. The second kappa shape index (κ2) is 5.46. The lowest BCUT2D eigenvalue weighted by atomic mass is 10.0. The maximum Gasteiger partial charge on any atom is 0.229 e. The maximum absolute atomic E-state index is 11.9. The molecule has 0 fully saturated rings. The highest BCUT2D eigenvalue weighted by Gasteiger charge is 2.32. The monoisotopic (exact) mass is 283 g/mol. The molecule has 0 radical (unpaired) electrons. The van der Waals surface area contributed by atoms with E-state index in [1.807, 2.05) is 0 Å². The summed E-state index contributed by atoms with van der Waals surface area (Å²) in [6.45, 7) is -0.802. The maximum atomic E-state index is 11.9. The summed E-state index contributed by atoms with van der Waals surface area (Å²) in [4.78, 5) is 25.7. The zero-order valence-corrected chi connectivity index (χ0v) is 10.1. The van der Waals surface area contributed by atoms with Gasteiger partial charge in [-0.15, -0.1) is 0 Å². The summed E-state index contributed by atoms with van der Waals surface area (Å²) < 4.78 is 0. The molecule has 2 aromatic heterocycles. The van der Waals surface area contributed by atoms with Crippen molar-refractivity contribution in [3.05, 3.63) is 12.2 Å². The van der Waals surface area contributed by atoms with Gasteiger partial charge in [0.15, 0.2) is 17.3 Å². The number of hydrogen-bond acceptors (Lipinski definition) is 9. The molecule has 3 atom stereocenters. The number of nitrogen functional groups attached to an aromatic ring is 1. The predicted molar refractivity (Wildman–Crippen MR) is 65.5 cm³/mol. The first-order chi connectivity index (χ1) is 9.45. The molecule has 10 nitrogen and oxygen atoms in total. The van der Waals surface area contributed by atoms with Gasteiger partial charge in [0.1, 0.15) is 30.2 Å². The number of anilines is 1. The predicted octanol–water partition coefficient (Wildman–Crippen LogP) is -2.81. The third-order valence-electron chi connectivity index (χ3n) is 2.72. The molecule has 2 heterocycles. The van der Waals surface area contributed by atoms with Crippen LogP contribution in [-0.4, -0.2) is 71.1 Å². The number of nitrogens with two attached hydrogens (primary N) is 1. The van der Waals surface area contributed by atoms with Crippen LogP contribution in [0.1, 0.15) is 10.6 Å². The summed E-state index contributed by atoms with van der Waals surface area (Å²) in [5.41, 5.74) is 5.91. The molecule has 0 bridgehead atoms. The molecular formula is C10H13N5O5. The van der Waals surface area contributed by atoms with Crippen molar-refractivity contribution in [3.63, 3.8) is 0 Å². The van der Waals surface area contributed by atoms with Gasteiger partial charge in [-0.3, -0.25) is 4.79 Å². The van der Waals surface area contributed by atoms with Crippen LogP contribution in [-0.2, 0) is 0 Å². The molecule has 0 aromatic carbocycles. The number of carbonyl (C=O) groups is 1. The van der Waals surface area contributed by atoms with Gasteiger partial charge in [-0.2, -0.15) is 0 Å². The standard InChI is InChI=1S/C10H13N5O5/c11-8-4-9(13-2-12-8)15-10(14-4)7(20)6(19)5(18)3(17)1-16/h2-3,5-6,16-19H,1H2,(H3,11,12,13,14,15)/t3-,5-,6-/m1/s1. The third-order valence-corrected chi connectivity index (χ3v) is 2.72. The smallest absolute Gasteiger partial charge is 0.229 e. The average molecular weight is 283 g/mol. The van der Waals surface area contributed by atoms with Crippen LogP contribution in [0.2, 0.25) is 0 Å². The van der Waals surface area contributed by atoms with E-state index in [4.69, 9.17) is 10.8 Å². The number of ketones is 1. The Labute approximate surface area is 111 Å². The van der Waals surface area contributed by atoms with Gasteiger partial charge in [-0.05, 0) is 0 Å². The lowest BCUT2D eigenvalue weighted by Gasteiger charge is -2.19. The van der Waals surface area contributed by atoms with E-state index in [1.54, 1.807) is 0 Å². The molecule has 108 valence electrons. The van der Waals surface area contributed by atoms with Gasteiger partial charge in [-0.1, -0.05) is 0 Å². The number of aliphatic hydroxyl groups is 4. The van der Waals surface area contributed by atoms with E-state index in [0.717, 1.165) is 6.33 Å². The Kier molecular flexibility index (Phi) is 3.90. The van der Waals surface area contributed by atoms with Gasteiger partial charge < -0.3 is 31.1 Å². The van der Waals surface area contributed by atoms with E-state index in [2.05, 4.69) is 19.9 Å². The Balaban J connectivity index is 2.29. The van der Waals surface area contributed by atoms with E-state index < -0.39 is 30.7 Å². The first-order valence-electron chi connectivity index (χ1n) is 5.61. The minimum atomic E-state index is -1.95. The number of H-pyrrole nitrogens is 1. The van der Waals surface area contributed by atoms with E-state index in [-0.39, 0.29) is 22.8 Å². The minimum absolute atomic E-state index is 0.0759. The zero-order valence-electron chi connectivity index (χ0n) is 10.1. The molecule has 0 saturated heterocycles. The summed E-state index contributed by atoms with van der Waals surface area (Å²) >= 11 is 0. The summed E-state index contributed by atoms with van der Waals surface area (Å²) in [6, 6.07) is 0. The Morgan fingerprint density at radius 2 is 2.05 bits per heavy atom. The number of rotatable bonds is 5. The van der Waals surface area contributed by atoms with Crippen molar-refractivity contribution in [2.75, 3.05) is 12.3 Å². The van der Waals surface area contributed by atoms with Gasteiger partial charge >= 0.3 is 0 Å². The van der Waals surface area contributed by atoms with Crippen LogP contribution < -0.4 is 5.73 Å². The number of aliphatic hydroxyl groups excluding tert-OH is 4. The summed E-state index contributed by atoms with van der Waals surface area (Å²) in [7, 11) is 0. The number of hydrogen-bond donors (Lipinski definition) is 6. The molecule has 10 heteroatoms. The molecule has 0 spiro atoms. The van der Waals surface area contributed by atoms with Crippen molar-refractivity contribution in [2.24, 2.45) is 0 Å². The first-order valence-corrected chi connectivity index (χ1v) is 5.61. The topological polar surface area (TPSA) is 178 Å². The number of imidazole rings is 1. The number of Topliss-reactive ketones (excluding diaryl/α,β-unsaturated/α-hetero) is 1. The Morgan fingerprint density at radius 3 is 2.65 bits per heavy atom. The van der Waals surface area contributed by atoms with E-state index in [9.17, 15) is 20.1 Å². The van der Waals surface area contributed by atoms with Crippen LogP contribution in [0.5, 0.6) is 0 Å². The Bertz CT molecular complexity index is 630. The highest BCUT2D eigenvalue weighted by Crippen LogP contribution is 2.15. The van der Waals surface area contributed by atoms with Crippen LogP contribution in [0, 0.1) is 0 Å². The summed E-state index contributed by atoms with van der Waals surface area (Å²) in [5, 5.41) is 37.0. The molecular weight excluding hydrogens is 270 g/mol. The van der Waals surface area contributed by atoms with Gasteiger partial charge in [0.2, 0.25) is 5.78 Å². The first kappa shape index (κ1) is 14.3. The number of nitrogens with one attached hydrogen (secondary N) is 1. The minimum Gasteiger partial charge on any atom is -0.394 e. The third kappa shape index (κ3) is 2.44. The number of nitrogens with zero attached hydrogens (tertiary/aromatic N) is 3. The van der Waals surface area contributed by atoms with Crippen LogP contribution in [0.4, 0.5) is 5.82 Å². The number of aromatic nitrogens is 4. The zero-order chi connectivity index (χ0) is 14.9. The molecule has 0 aliphatic rings. The Morgan fingerprint density at radius 1 is 1.35 bits per heavy atom. The number of aromatic amines is 1. The molecule has 0 unspecified atom stereocenters. The van der Waals surface area contributed by atoms with Gasteiger partial charge in [0, 0.05) is 0 Å². The highest BCUT2D eigenvalue weighted by atomic mass is 16.4. The van der Waals surface area contributed by atoms with E-state index in [1.165, 1.54) is 0 Å². The second-order valence-electron chi connectivity index (χ2n) is 4.09. The van der Waals surface area contributed by atoms with Crippen LogP contribution >= 0.6 is 0 Å².